The predicted octanol–water partition coefficient (Wildman–Crippen LogP) is 1.29. The number of hydrogen-bond donors (Lipinski definition) is 1. The third-order valence-corrected chi connectivity index (χ3v) is 2.69. The molecule has 0 fully saturated rings. The molecule has 21 heavy (non-hydrogen) atoms. The van der Waals surface area contributed by atoms with Crippen LogP contribution >= 0.6 is 0 Å². The summed E-state index contributed by atoms with van der Waals surface area (Å²) in [5.74, 6) is -2.41. The minimum absolute atomic E-state index is 0.0216. The van der Waals surface area contributed by atoms with Crippen molar-refractivity contribution in [1.82, 2.24) is 9.78 Å². The molecule has 0 amide bonds. The van der Waals surface area contributed by atoms with Gasteiger partial charge < -0.3 is 5.11 Å². The van der Waals surface area contributed by atoms with Gasteiger partial charge in [0.15, 0.2) is 0 Å². The smallest absolute Gasteiger partial charge is 0.360 e. The molecule has 0 aliphatic carbocycles. The van der Waals surface area contributed by atoms with E-state index in [2.05, 4.69) is 5.10 Å². The fourth-order valence-electron chi connectivity index (χ4n) is 1.66. The van der Waals surface area contributed by atoms with Gasteiger partial charge in [0.25, 0.3) is 5.69 Å². The fraction of sp³-hybridized carbons (Fsp3) is 0.0833. The maximum Gasteiger partial charge on any atom is 0.360 e. The summed E-state index contributed by atoms with van der Waals surface area (Å²) in [5.41, 5.74) is -2.28. The van der Waals surface area contributed by atoms with E-state index in [0.717, 1.165) is 29.1 Å². The van der Waals surface area contributed by atoms with Crippen molar-refractivity contribution in [2.24, 2.45) is 0 Å². The van der Waals surface area contributed by atoms with Crippen LogP contribution in [0.3, 0.4) is 0 Å². The topological polar surface area (TPSA) is 115 Å². The molecule has 1 heterocycles. The van der Waals surface area contributed by atoms with Crippen molar-refractivity contribution >= 4 is 11.7 Å². The molecule has 8 nitrogen and oxygen atoms in total. The summed E-state index contributed by atoms with van der Waals surface area (Å²) in [6.45, 7) is 1.34. The zero-order chi connectivity index (χ0) is 15.7. The molecular formula is C12H8FN3O5. The molecule has 0 bridgehead atoms. The van der Waals surface area contributed by atoms with E-state index in [1.807, 2.05) is 0 Å². The number of aryl methyl sites for hydroxylation is 1. The van der Waals surface area contributed by atoms with Crippen molar-refractivity contribution in [1.29, 1.82) is 0 Å². The second-order valence-corrected chi connectivity index (χ2v) is 4.13. The summed E-state index contributed by atoms with van der Waals surface area (Å²) < 4.78 is 14.6. The number of carboxylic acid groups (broad SMARTS) is 1. The van der Waals surface area contributed by atoms with Crippen LogP contribution in [0.25, 0.3) is 5.69 Å². The molecule has 0 aliphatic rings. The Kier molecular flexibility index (Phi) is 3.49. The van der Waals surface area contributed by atoms with Gasteiger partial charge in [0.05, 0.1) is 4.92 Å². The van der Waals surface area contributed by atoms with Crippen LogP contribution in [0.4, 0.5) is 10.1 Å². The molecule has 0 spiro atoms. The number of hydrogen-bond acceptors (Lipinski definition) is 5. The number of benzene rings is 1. The number of nitrogens with zero attached hydrogens (tertiary/aromatic N) is 3. The Morgan fingerprint density at radius 2 is 2.14 bits per heavy atom. The van der Waals surface area contributed by atoms with E-state index in [-0.39, 0.29) is 16.9 Å². The number of nitro benzene ring substituents is 1. The van der Waals surface area contributed by atoms with Gasteiger partial charge in [0.2, 0.25) is 11.1 Å². The maximum atomic E-state index is 13.8. The van der Waals surface area contributed by atoms with Gasteiger partial charge in [0, 0.05) is 23.9 Å². The van der Waals surface area contributed by atoms with E-state index in [1.165, 1.54) is 6.92 Å². The number of aromatic carboxylic acids is 1. The number of carboxylic acids is 1. The minimum Gasteiger partial charge on any atom is -0.476 e. The van der Waals surface area contributed by atoms with Gasteiger partial charge >= 0.3 is 5.97 Å². The maximum absolute atomic E-state index is 13.8. The zero-order valence-electron chi connectivity index (χ0n) is 10.6. The summed E-state index contributed by atoms with van der Waals surface area (Å²) in [4.78, 5) is 32.5. The Balaban J connectivity index is 2.73. The van der Waals surface area contributed by atoms with Gasteiger partial charge in [-0.1, -0.05) is 0 Å². The van der Waals surface area contributed by atoms with Crippen LogP contribution in [-0.4, -0.2) is 25.8 Å². The third kappa shape index (κ3) is 2.61. The zero-order valence-corrected chi connectivity index (χ0v) is 10.6. The summed E-state index contributed by atoms with van der Waals surface area (Å²) in [7, 11) is 0. The second-order valence-electron chi connectivity index (χ2n) is 4.13. The average molecular weight is 293 g/mol. The number of nitro groups is 1. The lowest BCUT2D eigenvalue weighted by Crippen LogP contribution is -2.23. The Morgan fingerprint density at radius 3 is 2.71 bits per heavy atom. The molecule has 1 aromatic carbocycles. The molecule has 0 saturated heterocycles. The number of halogens is 1. The monoisotopic (exact) mass is 293 g/mol. The van der Waals surface area contributed by atoms with E-state index in [4.69, 9.17) is 5.11 Å². The number of rotatable bonds is 3. The van der Waals surface area contributed by atoms with Crippen LogP contribution in [0.1, 0.15) is 16.1 Å². The Bertz CT molecular complexity index is 815. The third-order valence-electron chi connectivity index (χ3n) is 2.69. The quantitative estimate of drug-likeness (QED) is 0.673. The summed E-state index contributed by atoms with van der Waals surface area (Å²) in [6.07, 6.45) is 1.11. The standard InChI is InChI=1S/C12H8FN3O5/c1-6-5-15(14-10(11(6)17)12(18)19)9-4-7(16(20)21)2-3-8(9)13/h2-5H,1H3,(H,18,19). The number of aromatic nitrogens is 2. The van der Waals surface area contributed by atoms with Gasteiger partial charge in [-0.3, -0.25) is 14.9 Å². The molecule has 0 radical (unpaired) electrons. The van der Waals surface area contributed by atoms with Crippen LogP contribution < -0.4 is 5.43 Å². The first-order valence-electron chi connectivity index (χ1n) is 5.59. The van der Waals surface area contributed by atoms with Crippen molar-refractivity contribution in [3.05, 3.63) is 61.8 Å². The molecular weight excluding hydrogens is 285 g/mol. The number of carbonyl (C=O) groups is 1. The highest BCUT2D eigenvalue weighted by Crippen LogP contribution is 2.19. The summed E-state index contributed by atoms with van der Waals surface area (Å²) in [6, 6.07) is 2.73. The molecule has 0 atom stereocenters. The van der Waals surface area contributed by atoms with Crippen molar-refractivity contribution in [3.8, 4) is 5.69 Å². The summed E-state index contributed by atoms with van der Waals surface area (Å²) in [5, 5.41) is 23.1. The SMILES string of the molecule is Cc1cn(-c2cc([N+](=O)[O-])ccc2F)nc(C(=O)O)c1=O. The fourth-order valence-corrected chi connectivity index (χ4v) is 1.66. The molecule has 0 aliphatic heterocycles. The lowest BCUT2D eigenvalue weighted by molar-refractivity contribution is -0.384. The first-order valence-corrected chi connectivity index (χ1v) is 5.59. The minimum atomic E-state index is -1.57. The van der Waals surface area contributed by atoms with Crippen LogP contribution in [0.15, 0.2) is 29.2 Å². The molecule has 108 valence electrons. The van der Waals surface area contributed by atoms with E-state index < -0.39 is 27.8 Å². The Morgan fingerprint density at radius 1 is 1.48 bits per heavy atom. The van der Waals surface area contributed by atoms with Crippen LogP contribution in [0, 0.1) is 22.9 Å². The van der Waals surface area contributed by atoms with Crippen LogP contribution in [-0.2, 0) is 0 Å². The van der Waals surface area contributed by atoms with Gasteiger partial charge in [-0.2, -0.15) is 5.10 Å². The van der Waals surface area contributed by atoms with Crippen molar-refractivity contribution in [3.63, 3.8) is 0 Å². The highest BCUT2D eigenvalue weighted by atomic mass is 19.1. The molecule has 2 rings (SSSR count). The van der Waals surface area contributed by atoms with Gasteiger partial charge in [-0.15, -0.1) is 0 Å². The highest BCUT2D eigenvalue weighted by molar-refractivity contribution is 5.85. The lowest BCUT2D eigenvalue weighted by atomic mass is 10.2. The predicted molar refractivity (Wildman–Crippen MR) is 68.1 cm³/mol. The van der Waals surface area contributed by atoms with Gasteiger partial charge in [-0.25, -0.2) is 13.9 Å². The van der Waals surface area contributed by atoms with E-state index in [9.17, 15) is 24.1 Å². The molecule has 0 unspecified atom stereocenters. The van der Waals surface area contributed by atoms with Gasteiger partial charge in [-0.05, 0) is 13.0 Å². The van der Waals surface area contributed by atoms with Crippen LogP contribution in [0.5, 0.6) is 0 Å². The molecule has 0 saturated carbocycles. The average Bonchev–Trinajstić information content (AvgIpc) is 2.41. The van der Waals surface area contributed by atoms with E-state index >= 15 is 0 Å². The number of non-ortho nitro benzene ring substituents is 1. The van der Waals surface area contributed by atoms with Crippen molar-refractivity contribution in [2.45, 2.75) is 6.92 Å². The van der Waals surface area contributed by atoms with Crippen LogP contribution in [0.2, 0.25) is 0 Å². The Labute approximate surface area is 116 Å². The molecule has 1 N–H and O–H groups in total. The van der Waals surface area contributed by atoms with Crippen molar-refractivity contribution in [2.75, 3.05) is 0 Å². The Hall–Kier alpha value is -3.10. The molecule has 2 aromatic rings. The molecule has 1 aromatic heterocycles. The largest absolute Gasteiger partial charge is 0.476 e. The van der Waals surface area contributed by atoms with E-state index in [1.54, 1.807) is 0 Å². The first-order chi connectivity index (χ1) is 9.81. The second kappa shape index (κ2) is 5.12. The van der Waals surface area contributed by atoms with Crippen molar-refractivity contribution < 1.29 is 19.2 Å². The first kappa shape index (κ1) is 14.3. The van der Waals surface area contributed by atoms with Gasteiger partial charge in [0.1, 0.15) is 11.5 Å². The normalized spacial score (nSPS) is 10.4. The summed E-state index contributed by atoms with van der Waals surface area (Å²) >= 11 is 0. The van der Waals surface area contributed by atoms with E-state index in [0.29, 0.717) is 0 Å². The molecule has 9 heteroatoms. The highest BCUT2D eigenvalue weighted by Gasteiger charge is 2.17. The lowest BCUT2D eigenvalue weighted by Gasteiger charge is -2.08.